The fraction of sp³-hybridized carbons (Fsp3) is 0.960. The van der Waals surface area contributed by atoms with Crippen molar-refractivity contribution in [3.63, 3.8) is 0 Å². The highest BCUT2D eigenvalue weighted by Crippen LogP contribution is 2.31. The second kappa shape index (κ2) is 17.4. The van der Waals surface area contributed by atoms with Gasteiger partial charge in [0.2, 0.25) is 5.91 Å². The summed E-state index contributed by atoms with van der Waals surface area (Å²) in [7, 11) is 0. The molecule has 0 atom stereocenters. The Kier molecular flexibility index (Phi) is 16.1. The Morgan fingerprint density at radius 1 is 0.724 bits per heavy atom. The molecule has 0 unspecified atom stereocenters. The monoisotopic (exact) mass is 428 g/mol. The van der Waals surface area contributed by atoms with E-state index < -0.39 is 0 Å². The van der Waals surface area contributed by atoms with Crippen LogP contribution in [-0.4, -0.2) is 37.0 Å². The molecule has 0 saturated carbocycles. The minimum absolute atomic E-state index is 0. The van der Waals surface area contributed by atoms with E-state index >= 15 is 0 Å². The molecule has 2 saturated heterocycles. The molecule has 172 valence electrons. The molecule has 1 amide bonds. The number of nitrogens with zero attached hydrogens (tertiary/aromatic N) is 1. The molecule has 3 nitrogen and oxygen atoms in total. The van der Waals surface area contributed by atoms with Crippen LogP contribution in [0.3, 0.4) is 0 Å². The molecule has 0 radical (unpaired) electrons. The Balaban J connectivity index is 0.00000420. The quantitative estimate of drug-likeness (QED) is 0.311. The molecular formula is C25H49ClN2O. The molecule has 0 aliphatic carbocycles. The number of unbranched alkanes of at least 4 members (excludes halogenated alkanes) is 11. The number of carbonyl (C=O) groups excluding carboxylic acids is 1. The molecule has 0 aromatic carbocycles. The van der Waals surface area contributed by atoms with Gasteiger partial charge in [-0.1, -0.05) is 77.6 Å². The van der Waals surface area contributed by atoms with Gasteiger partial charge < -0.3 is 10.2 Å². The van der Waals surface area contributed by atoms with Gasteiger partial charge in [0, 0.05) is 19.5 Å². The molecule has 0 aromatic rings. The molecule has 2 fully saturated rings. The molecule has 2 aliphatic heterocycles. The van der Waals surface area contributed by atoms with Crippen LogP contribution in [0.4, 0.5) is 0 Å². The Hall–Kier alpha value is -0.280. The predicted octanol–water partition coefficient (Wildman–Crippen LogP) is 6.74. The van der Waals surface area contributed by atoms with Crippen LogP contribution in [-0.2, 0) is 4.79 Å². The first-order valence-corrected chi connectivity index (χ1v) is 12.8. The summed E-state index contributed by atoms with van der Waals surface area (Å²) in [5.74, 6) is 2.21. The van der Waals surface area contributed by atoms with Crippen LogP contribution in [0.15, 0.2) is 0 Å². The topological polar surface area (TPSA) is 32.3 Å². The summed E-state index contributed by atoms with van der Waals surface area (Å²) in [6.07, 6.45) is 22.3. The van der Waals surface area contributed by atoms with E-state index in [0.29, 0.717) is 5.91 Å². The SMILES string of the molecule is CCCCCCCCCCCCCCC(=O)N1CCC(C2CCNCC2)CC1.Cl. The van der Waals surface area contributed by atoms with Gasteiger partial charge in [-0.25, -0.2) is 0 Å². The molecule has 2 rings (SSSR count). The summed E-state index contributed by atoms with van der Waals surface area (Å²) in [5, 5.41) is 3.47. The highest BCUT2D eigenvalue weighted by molar-refractivity contribution is 5.85. The van der Waals surface area contributed by atoms with Gasteiger partial charge in [-0.3, -0.25) is 4.79 Å². The number of nitrogens with one attached hydrogen (secondary N) is 1. The molecule has 2 aliphatic rings. The van der Waals surface area contributed by atoms with Crippen molar-refractivity contribution in [3.8, 4) is 0 Å². The lowest BCUT2D eigenvalue weighted by atomic mass is 9.79. The fourth-order valence-electron chi connectivity index (χ4n) is 5.21. The second-order valence-electron chi connectivity index (χ2n) is 9.44. The Morgan fingerprint density at radius 3 is 1.69 bits per heavy atom. The van der Waals surface area contributed by atoms with Gasteiger partial charge in [0.05, 0.1) is 0 Å². The van der Waals surface area contributed by atoms with Crippen LogP contribution in [0.25, 0.3) is 0 Å². The van der Waals surface area contributed by atoms with Gasteiger partial charge in [-0.05, 0) is 57.0 Å². The maximum absolute atomic E-state index is 12.5. The van der Waals surface area contributed by atoms with Gasteiger partial charge in [-0.2, -0.15) is 0 Å². The maximum Gasteiger partial charge on any atom is 0.222 e. The molecule has 1 N–H and O–H groups in total. The van der Waals surface area contributed by atoms with Crippen LogP contribution in [0.1, 0.15) is 116 Å². The summed E-state index contributed by atoms with van der Waals surface area (Å²) in [4.78, 5) is 14.6. The van der Waals surface area contributed by atoms with E-state index in [1.54, 1.807) is 0 Å². The zero-order valence-electron chi connectivity index (χ0n) is 19.3. The summed E-state index contributed by atoms with van der Waals surface area (Å²) in [6, 6.07) is 0. The van der Waals surface area contributed by atoms with Crippen molar-refractivity contribution < 1.29 is 4.79 Å². The van der Waals surface area contributed by atoms with Gasteiger partial charge in [-0.15, -0.1) is 12.4 Å². The lowest BCUT2D eigenvalue weighted by molar-refractivity contribution is -0.133. The van der Waals surface area contributed by atoms with E-state index in [0.717, 1.165) is 37.8 Å². The largest absolute Gasteiger partial charge is 0.343 e. The average molecular weight is 429 g/mol. The summed E-state index contributed by atoms with van der Waals surface area (Å²) >= 11 is 0. The summed E-state index contributed by atoms with van der Waals surface area (Å²) in [5.41, 5.74) is 0. The number of piperidine rings is 2. The first-order chi connectivity index (χ1) is 13.8. The van der Waals surface area contributed by atoms with Gasteiger partial charge in [0.1, 0.15) is 0 Å². The highest BCUT2D eigenvalue weighted by atomic mass is 35.5. The molecule has 29 heavy (non-hydrogen) atoms. The molecule has 2 heterocycles. The fourth-order valence-corrected chi connectivity index (χ4v) is 5.21. The van der Waals surface area contributed by atoms with E-state index in [1.807, 2.05) is 0 Å². The molecular weight excluding hydrogens is 380 g/mol. The van der Waals surface area contributed by atoms with Crippen LogP contribution >= 0.6 is 12.4 Å². The Bertz CT molecular complexity index is 390. The Morgan fingerprint density at radius 2 is 1.17 bits per heavy atom. The van der Waals surface area contributed by atoms with E-state index in [9.17, 15) is 4.79 Å². The normalized spacial score (nSPS) is 18.6. The van der Waals surface area contributed by atoms with Crippen molar-refractivity contribution in [3.05, 3.63) is 0 Å². The smallest absolute Gasteiger partial charge is 0.222 e. The van der Waals surface area contributed by atoms with E-state index in [1.165, 1.54) is 109 Å². The van der Waals surface area contributed by atoms with Crippen molar-refractivity contribution >= 4 is 18.3 Å². The van der Waals surface area contributed by atoms with Crippen LogP contribution in [0, 0.1) is 11.8 Å². The molecule has 0 aromatic heterocycles. The van der Waals surface area contributed by atoms with Crippen LogP contribution in [0.5, 0.6) is 0 Å². The highest BCUT2D eigenvalue weighted by Gasteiger charge is 2.28. The van der Waals surface area contributed by atoms with Crippen molar-refractivity contribution in [2.75, 3.05) is 26.2 Å². The van der Waals surface area contributed by atoms with Crippen LogP contribution in [0.2, 0.25) is 0 Å². The average Bonchev–Trinajstić information content (AvgIpc) is 2.75. The van der Waals surface area contributed by atoms with Crippen molar-refractivity contribution in [1.82, 2.24) is 10.2 Å². The number of rotatable bonds is 14. The lowest BCUT2D eigenvalue weighted by Crippen LogP contribution is -2.41. The van der Waals surface area contributed by atoms with E-state index in [4.69, 9.17) is 0 Å². The van der Waals surface area contributed by atoms with Gasteiger partial charge in [0.25, 0.3) is 0 Å². The summed E-state index contributed by atoms with van der Waals surface area (Å²) in [6.45, 7) is 6.72. The predicted molar refractivity (Wildman–Crippen MR) is 128 cm³/mol. The number of likely N-dealkylation sites (tertiary alicyclic amines) is 1. The minimum atomic E-state index is 0. The first kappa shape index (κ1) is 26.8. The standard InChI is InChI=1S/C25H48N2O.ClH/c1-2-3-4-5-6-7-8-9-10-11-12-13-14-25(28)27-21-17-24(18-22-27)23-15-19-26-20-16-23;/h23-24,26H,2-22H2,1H3;1H. The zero-order valence-corrected chi connectivity index (χ0v) is 20.1. The third-order valence-corrected chi connectivity index (χ3v) is 7.19. The lowest BCUT2D eigenvalue weighted by Gasteiger charge is -2.37. The second-order valence-corrected chi connectivity index (χ2v) is 9.44. The maximum atomic E-state index is 12.5. The number of hydrogen-bond donors (Lipinski definition) is 1. The van der Waals surface area contributed by atoms with Crippen LogP contribution < -0.4 is 5.32 Å². The number of hydrogen-bond acceptors (Lipinski definition) is 2. The van der Waals surface area contributed by atoms with Crippen molar-refractivity contribution in [1.29, 1.82) is 0 Å². The van der Waals surface area contributed by atoms with E-state index in [-0.39, 0.29) is 12.4 Å². The first-order valence-electron chi connectivity index (χ1n) is 12.8. The van der Waals surface area contributed by atoms with Crippen molar-refractivity contribution in [2.45, 2.75) is 116 Å². The zero-order chi connectivity index (χ0) is 19.9. The summed E-state index contributed by atoms with van der Waals surface area (Å²) < 4.78 is 0. The minimum Gasteiger partial charge on any atom is -0.343 e. The Labute approximate surface area is 187 Å². The van der Waals surface area contributed by atoms with E-state index in [2.05, 4.69) is 17.1 Å². The number of halogens is 1. The van der Waals surface area contributed by atoms with Gasteiger partial charge in [0.15, 0.2) is 0 Å². The number of carbonyl (C=O) groups is 1. The third kappa shape index (κ3) is 11.6. The molecule has 0 bridgehead atoms. The molecule has 4 heteroatoms. The third-order valence-electron chi connectivity index (χ3n) is 7.19. The number of amides is 1. The molecule has 0 spiro atoms. The van der Waals surface area contributed by atoms with Gasteiger partial charge >= 0.3 is 0 Å². The van der Waals surface area contributed by atoms with Crippen molar-refractivity contribution in [2.24, 2.45) is 11.8 Å².